The fourth-order valence-corrected chi connectivity index (χ4v) is 2.07. The normalized spacial score (nSPS) is 19.1. The van der Waals surface area contributed by atoms with Crippen LogP contribution >= 0.6 is 0 Å². The summed E-state index contributed by atoms with van der Waals surface area (Å²) < 4.78 is 0. The molecule has 1 atom stereocenters. The van der Waals surface area contributed by atoms with E-state index >= 15 is 0 Å². The van der Waals surface area contributed by atoms with E-state index < -0.39 is 0 Å². The van der Waals surface area contributed by atoms with Gasteiger partial charge >= 0.3 is 0 Å². The summed E-state index contributed by atoms with van der Waals surface area (Å²) in [5, 5.41) is 0. The SMILES string of the molecule is CCCC(C)C(=O)C=C1CCCCC1. The fourth-order valence-electron chi connectivity index (χ4n) is 2.07. The maximum Gasteiger partial charge on any atom is 0.158 e. The molecule has 0 radical (unpaired) electrons. The van der Waals surface area contributed by atoms with Gasteiger partial charge in [-0.25, -0.2) is 0 Å². The molecule has 1 heteroatoms. The Kier molecular flexibility index (Phi) is 4.92. The van der Waals surface area contributed by atoms with E-state index in [0.717, 1.165) is 25.7 Å². The van der Waals surface area contributed by atoms with Gasteiger partial charge in [-0.05, 0) is 38.2 Å². The Morgan fingerprint density at radius 3 is 2.57 bits per heavy atom. The van der Waals surface area contributed by atoms with Gasteiger partial charge in [-0.15, -0.1) is 0 Å². The van der Waals surface area contributed by atoms with E-state index in [2.05, 4.69) is 6.92 Å². The van der Waals surface area contributed by atoms with Crippen molar-refractivity contribution in [2.45, 2.75) is 58.8 Å². The van der Waals surface area contributed by atoms with E-state index in [1.807, 2.05) is 13.0 Å². The number of ketones is 1. The number of carbonyl (C=O) groups is 1. The maximum absolute atomic E-state index is 11.7. The molecule has 0 aromatic heterocycles. The Bertz CT molecular complexity index is 207. The van der Waals surface area contributed by atoms with Crippen molar-refractivity contribution in [2.75, 3.05) is 0 Å². The number of rotatable bonds is 4. The van der Waals surface area contributed by atoms with E-state index in [0.29, 0.717) is 5.78 Å². The molecule has 1 aliphatic rings. The first-order valence-electron chi connectivity index (χ1n) is 5.97. The summed E-state index contributed by atoms with van der Waals surface area (Å²) in [6.45, 7) is 4.18. The van der Waals surface area contributed by atoms with E-state index in [1.165, 1.54) is 24.8 Å². The van der Waals surface area contributed by atoms with Crippen molar-refractivity contribution < 1.29 is 4.79 Å². The van der Waals surface area contributed by atoms with Crippen molar-refractivity contribution in [3.05, 3.63) is 11.6 Å². The zero-order chi connectivity index (χ0) is 10.4. The molecule has 1 rings (SSSR count). The molecule has 0 aromatic carbocycles. The monoisotopic (exact) mass is 194 g/mol. The topological polar surface area (TPSA) is 17.1 Å². The Morgan fingerprint density at radius 2 is 2.00 bits per heavy atom. The van der Waals surface area contributed by atoms with E-state index in [1.54, 1.807) is 0 Å². The molecular formula is C13H22O. The first-order chi connectivity index (χ1) is 6.74. The highest BCUT2D eigenvalue weighted by molar-refractivity contribution is 5.92. The lowest BCUT2D eigenvalue weighted by Crippen LogP contribution is -2.09. The molecule has 1 aliphatic carbocycles. The molecule has 0 spiro atoms. The molecule has 1 nitrogen and oxygen atoms in total. The molecule has 1 saturated carbocycles. The van der Waals surface area contributed by atoms with Crippen LogP contribution in [0.15, 0.2) is 11.6 Å². The summed E-state index contributed by atoms with van der Waals surface area (Å²) in [6.07, 6.45) is 10.3. The Labute approximate surface area is 87.6 Å². The van der Waals surface area contributed by atoms with Crippen molar-refractivity contribution in [3.63, 3.8) is 0 Å². The highest BCUT2D eigenvalue weighted by Gasteiger charge is 2.12. The third-order valence-corrected chi connectivity index (χ3v) is 3.05. The van der Waals surface area contributed by atoms with Gasteiger partial charge in [0.05, 0.1) is 0 Å². The van der Waals surface area contributed by atoms with Crippen LogP contribution in [-0.4, -0.2) is 5.78 Å². The number of allylic oxidation sites excluding steroid dienone is 2. The predicted octanol–water partition coefficient (Wildman–Crippen LogP) is 3.88. The predicted molar refractivity (Wildman–Crippen MR) is 60.2 cm³/mol. The summed E-state index contributed by atoms with van der Waals surface area (Å²) in [5.41, 5.74) is 1.39. The van der Waals surface area contributed by atoms with Gasteiger partial charge in [0, 0.05) is 5.92 Å². The second kappa shape index (κ2) is 6.00. The zero-order valence-corrected chi connectivity index (χ0v) is 9.51. The third-order valence-electron chi connectivity index (χ3n) is 3.05. The van der Waals surface area contributed by atoms with Crippen molar-refractivity contribution in [2.24, 2.45) is 5.92 Å². The van der Waals surface area contributed by atoms with Gasteiger partial charge in [0.15, 0.2) is 5.78 Å². The van der Waals surface area contributed by atoms with Gasteiger partial charge in [-0.2, -0.15) is 0 Å². The van der Waals surface area contributed by atoms with Crippen LogP contribution in [0.3, 0.4) is 0 Å². The molecule has 0 N–H and O–H groups in total. The molecule has 0 amide bonds. The van der Waals surface area contributed by atoms with Crippen LogP contribution in [0.1, 0.15) is 58.8 Å². The van der Waals surface area contributed by atoms with Crippen LogP contribution in [0.5, 0.6) is 0 Å². The number of carbonyl (C=O) groups excluding carboxylic acids is 1. The number of hydrogen-bond acceptors (Lipinski definition) is 1. The van der Waals surface area contributed by atoms with E-state index in [4.69, 9.17) is 0 Å². The Balaban J connectivity index is 2.44. The lowest BCUT2D eigenvalue weighted by Gasteiger charge is -2.14. The molecule has 1 unspecified atom stereocenters. The van der Waals surface area contributed by atoms with Crippen molar-refractivity contribution in [1.29, 1.82) is 0 Å². The summed E-state index contributed by atoms with van der Waals surface area (Å²) in [4.78, 5) is 11.7. The summed E-state index contributed by atoms with van der Waals surface area (Å²) in [5.74, 6) is 0.582. The first kappa shape index (κ1) is 11.5. The van der Waals surface area contributed by atoms with Crippen LogP contribution in [0, 0.1) is 5.92 Å². The van der Waals surface area contributed by atoms with Crippen molar-refractivity contribution in [3.8, 4) is 0 Å². The molecule has 0 saturated heterocycles. The highest BCUT2D eigenvalue weighted by Crippen LogP contribution is 2.23. The molecule has 0 aliphatic heterocycles. The van der Waals surface area contributed by atoms with Crippen LogP contribution in [-0.2, 0) is 4.79 Å². The maximum atomic E-state index is 11.7. The minimum Gasteiger partial charge on any atom is -0.295 e. The van der Waals surface area contributed by atoms with Crippen LogP contribution in [0.25, 0.3) is 0 Å². The highest BCUT2D eigenvalue weighted by atomic mass is 16.1. The van der Waals surface area contributed by atoms with Gasteiger partial charge in [-0.1, -0.05) is 32.3 Å². The second-order valence-corrected chi connectivity index (χ2v) is 4.46. The Morgan fingerprint density at radius 1 is 1.36 bits per heavy atom. The Hall–Kier alpha value is -0.590. The van der Waals surface area contributed by atoms with Crippen LogP contribution in [0.4, 0.5) is 0 Å². The summed E-state index contributed by atoms with van der Waals surface area (Å²) in [6, 6.07) is 0. The molecule has 1 fully saturated rings. The quantitative estimate of drug-likeness (QED) is 0.621. The molecule has 80 valence electrons. The zero-order valence-electron chi connectivity index (χ0n) is 9.51. The van der Waals surface area contributed by atoms with Gasteiger partial charge < -0.3 is 0 Å². The van der Waals surface area contributed by atoms with Gasteiger partial charge in [0.1, 0.15) is 0 Å². The van der Waals surface area contributed by atoms with Crippen molar-refractivity contribution >= 4 is 5.78 Å². The van der Waals surface area contributed by atoms with Crippen molar-refractivity contribution in [1.82, 2.24) is 0 Å². The fraction of sp³-hybridized carbons (Fsp3) is 0.769. The van der Waals surface area contributed by atoms with Crippen LogP contribution < -0.4 is 0 Å². The standard InChI is InChI=1S/C13H22O/c1-3-7-11(2)13(14)10-12-8-5-4-6-9-12/h10-11H,3-9H2,1-2H3. The average Bonchev–Trinajstić information content (AvgIpc) is 2.19. The van der Waals surface area contributed by atoms with E-state index in [-0.39, 0.29) is 5.92 Å². The van der Waals surface area contributed by atoms with E-state index in [9.17, 15) is 4.79 Å². The second-order valence-electron chi connectivity index (χ2n) is 4.46. The minimum atomic E-state index is 0.231. The lowest BCUT2D eigenvalue weighted by atomic mass is 9.91. The van der Waals surface area contributed by atoms with Crippen LogP contribution in [0.2, 0.25) is 0 Å². The van der Waals surface area contributed by atoms with Gasteiger partial charge in [-0.3, -0.25) is 4.79 Å². The third kappa shape index (κ3) is 3.65. The smallest absolute Gasteiger partial charge is 0.158 e. The number of hydrogen-bond donors (Lipinski definition) is 0. The molecule has 14 heavy (non-hydrogen) atoms. The first-order valence-corrected chi connectivity index (χ1v) is 5.97. The molecule has 0 bridgehead atoms. The molecule has 0 aromatic rings. The molecule has 0 heterocycles. The average molecular weight is 194 g/mol. The van der Waals surface area contributed by atoms with Gasteiger partial charge in [0.25, 0.3) is 0 Å². The largest absolute Gasteiger partial charge is 0.295 e. The summed E-state index contributed by atoms with van der Waals surface area (Å²) >= 11 is 0. The molecular weight excluding hydrogens is 172 g/mol. The lowest BCUT2D eigenvalue weighted by molar-refractivity contribution is -0.118. The summed E-state index contributed by atoms with van der Waals surface area (Å²) in [7, 11) is 0. The minimum absolute atomic E-state index is 0.231. The van der Waals surface area contributed by atoms with Gasteiger partial charge in [0.2, 0.25) is 0 Å².